The van der Waals surface area contributed by atoms with Crippen LogP contribution in [0.3, 0.4) is 0 Å². The highest BCUT2D eigenvalue weighted by Crippen LogP contribution is 2.39. The van der Waals surface area contributed by atoms with E-state index in [1.807, 2.05) is 6.07 Å². The summed E-state index contributed by atoms with van der Waals surface area (Å²) < 4.78 is 5.79. The van der Waals surface area contributed by atoms with Crippen LogP contribution < -0.4 is 5.32 Å². The number of halogens is 1. The van der Waals surface area contributed by atoms with Crippen molar-refractivity contribution in [1.29, 1.82) is 0 Å². The van der Waals surface area contributed by atoms with Crippen molar-refractivity contribution < 1.29 is 19.1 Å². The summed E-state index contributed by atoms with van der Waals surface area (Å²) >= 11 is 4.50. The van der Waals surface area contributed by atoms with Gasteiger partial charge in [0.15, 0.2) is 5.78 Å². The van der Waals surface area contributed by atoms with E-state index in [1.165, 1.54) is 0 Å². The number of thiophene rings is 1. The predicted molar refractivity (Wildman–Crippen MR) is 99.6 cm³/mol. The lowest BCUT2D eigenvalue weighted by atomic mass is 9.94. The molecule has 0 spiro atoms. The van der Waals surface area contributed by atoms with Gasteiger partial charge < -0.3 is 10.1 Å². The minimum atomic E-state index is -0.503. The van der Waals surface area contributed by atoms with Gasteiger partial charge in [-0.3, -0.25) is 9.59 Å². The van der Waals surface area contributed by atoms with Crippen molar-refractivity contribution in [3.05, 3.63) is 50.3 Å². The molecular formula is C18H16BrNO4S. The molecule has 130 valence electrons. The fraction of sp³-hybridized carbons (Fsp3) is 0.278. The third-order valence-electron chi connectivity index (χ3n) is 3.92. The molecule has 0 radical (unpaired) electrons. The highest BCUT2D eigenvalue weighted by molar-refractivity contribution is 9.10. The van der Waals surface area contributed by atoms with E-state index in [1.54, 1.807) is 25.1 Å². The molecule has 25 heavy (non-hydrogen) atoms. The predicted octanol–water partition coefficient (Wildman–Crippen LogP) is 4.46. The van der Waals surface area contributed by atoms with Gasteiger partial charge in [0.25, 0.3) is 5.91 Å². The van der Waals surface area contributed by atoms with E-state index >= 15 is 0 Å². The van der Waals surface area contributed by atoms with Crippen LogP contribution in [0.4, 0.5) is 5.00 Å². The van der Waals surface area contributed by atoms with Crippen LogP contribution in [0.15, 0.2) is 28.7 Å². The largest absolute Gasteiger partial charge is 0.462 e. The Balaban J connectivity index is 2.00. The first-order valence-electron chi connectivity index (χ1n) is 7.94. The lowest BCUT2D eigenvalue weighted by molar-refractivity contribution is 0.0527. The van der Waals surface area contributed by atoms with Gasteiger partial charge in [-0.25, -0.2) is 4.79 Å². The van der Waals surface area contributed by atoms with E-state index in [0.29, 0.717) is 50.3 Å². The second-order valence-corrected chi connectivity index (χ2v) is 7.42. The number of ketones is 1. The Labute approximate surface area is 157 Å². The number of benzene rings is 1. The quantitative estimate of drug-likeness (QED) is 0.739. The zero-order chi connectivity index (χ0) is 18.0. The van der Waals surface area contributed by atoms with Gasteiger partial charge in [0.05, 0.1) is 22.6 Å². The van der Waals surface area contributed by atoms with E-state index in [0.717, 1.165) is 11.3 Å². The van der Waals surface area contributed by atoms with E-state index in [4.69, 9.17) is 4.74 Å². The molecule has 1 amide bonds. The van der Waals surface area contributed by atoms with Crippen molar-refractivity contribution in [2.45, 2.75) is 26.2 Å². The number of ether oxygens (including phenoxy) is 1. The normalized spacial score (nSPS) is 13.3. The van der Waals surface area contributed by atoms with Crippen LogP contribution in [0.1, 0.15) is 55.7 Å². The summed E-state index contributed by atoms with van der Waals surface area (Å²) in [5.41, 5.74) is 1.47. The summed E-state index contributed by atoms with van der Waals surface area (Å²) in [6, 6.07) is 7.02. The molecule has 0 saturated carbocycles. The molecule has 0 unspecified atom stereocenters. The summed E-state index contributed by atoms with van der Waals surface area (Å²) in [7, 11) is 0. The minimum absolute atomic E-state index is 0.0122. The summed E-state index contributed by atoms with van der Waals surface area (Å²) in [5, 5.41) is 3.16. The number of carbonyl (C=O) groups excluding carboxylic acids is 3. The molecule has 0 saturated heterocycles. The van der Waals surface area contributed by atoms with Gasteiger partial charge in [0, 0.05) is 10.9 Å². The van der Waals surface area contributed by atoms with Crippen molar-refractivity contribution in [3.8, 4) is 0 Å². The molecule has 3 rings (SSSR count). The van der Waals surface area contributed by atoms with Crippen LogP contribution in [0.25, 0.3) is 0 Å². The van der Waals surface area contributed by atoms with Crippen LogP contribution in [0.2, 0.25) is 0 Å². The maximum atomic E-state index is 12.6. The Bertz CT molecular complexity index is 859. The number of amides is 1. The molecule has 1 N–H and O–H groups in total. The molecular weight excluding hydrogens is 406 g/mol. The van der Waals surface area contributed by atoms with Crippen LogP contribution >= 0.6 is 27.3 Å². The topological polar surface area (TPSA) is 72.5 Å². The number of hydrogen-bond donors (Lipinski definition) is 1. The van der Waals surface area contributed by atoms with Gasteiger partial charge in [-0.1, -0.05) is 12.1 Å². The highest BCUT2D eigenvalue weighted by Gasteiger charge is 2.31. The molecule has 2 aromatic rings. The summed E-state index contributed by atoms with van der Waals surface area (Å²) in [4.78, 5) is 37.7. The smallest absolute Gasteiger partial charge is 0.341 e. The fourth-order valence-electron chi connectivity index (χ4n) is 2.79. The number of rotatable bonds is 4. The first kappa shape index (κ1) is 17.8. The molecule has 1 aromatic heterocycles. The van der Waals surface area contributed by atoms with Gasteiger partial charge in [0.2, 0.25) is 0 Å². The molecule has 0 fully saturated rings. The van der Waals surface area contributed by atoms with Crippen molar-refractivity contribution in [2.24, 2.45) is 0 Å². The minimum Gasteiger partial charge on any atom is -0.462 e. The zero-order valence-corrected chi connectivity index (χ0v) is 16.0. The van der Waals surface area contributed by atoms with Crippen molar-refractivity contribution in [3.63, 3.8) is 0 Å². The molecule has 1 heterocycles. The molecule has 7 heteroatoms. The average molecular weight is 422 g/mol. The van der Waals surface area contributed by atoms with Gasteiger partial charge in [-0.15, -0.1) is 11.3 Å². The Morgan fingerprint density at radius 2 is 2.04 bits per heavy atom. The van der Waals surface area contributed by atoms with Crippen molar-refractivity contribution in [2.75, 3.05) is 11.9 Å². The van der Waals surface area contributed by atoms with Gasteiger partial charge in [-0.05, 0) is 53.4 Å². The number of hydrogen-bond acceptors (Lipinski definition) is 5. The Kier molecular flexibility index (Phi) is 5.34. The summed E-state index contributed by atoms with van der Waals surface area (Å²) in [6.45, 7) is 1.95. The van der Waals surface area contributed by atoms with E-state index in [2.05, 4.69) is 21.2 Å². The Hall–Kier alpha value is -1.99. The molecule has 1 aromatic carbocycles. The number of fused-ring (bicyclic) bond motifs is 1. The monoisotopic (exact) mass is 421 g/mol. The van der Waals surface area contributed by atoms with E-state index in [-0.39, 0.29) is 18.3 Å². The second kappa shape index (κ2) is 7.49. The molecule has 0 aliphatic heterocycles. The average Bonchev–Trinajstić information content (AvgIpc) is 2.95. The second-order valence-electron chi connectivity index (χ2n) is 5.55. The fourth-order valence-corrected chi connectivity index (χ4v) is 4.46. The first-order valence-corrected chi connectivity index (χ1v) is 9.55. The Morgan fingerprint density at radius 1 is 1.28 bits per heavy atom. The molecule has 1 aliphatic rings. The molecule has 0 atom stereocenters. The van der Waals surface area contributed by atoms with Gasteiger partial charge in [-0.2, -0.15) is 0 Å². The maximum absolute atomic E-state index is 12.6. The van der Waals surface area contributed by atoms with Gasteiger partial charge in [0.1, 0.15) is 5.00 Å². The van der Waals surface area contributed by atoms with Crippen LogP contribution in [0, 0.1) is 0 Å². The number of Topliss-reactive ketones (excluding diaryl/α,β-unsaturated/α-hetero) is 1. The van der Waals surface area contributed by atoms with Crippen molar-refractivity contribution in [1.82, 2.24) is 0 Å². The number of esters is 1. The van der Waals surface area contributed by atoms with Crippen LogP contribution in [0.5, 0.6) is 0 Å². The van der Waals surface area contributed by atoms with Gasteiger partial charge >= 0.3 is 5.97 Å². The van der Waals surface area contributed by atoms with E-state index in [9.17, 15) is 14.4 Å². The van der Waals surface area contributed by atoms with Crippen molar-refractivity contribution >= 4 is 49.9 Å². The maximum Gasteiger partial charge on any atom is 0.341 e. The standard InChI is InChI=1S/C18H16BrNO4S/c1-2-24-18(23)14-11-7-5-9-13(21)15(11)25-17(14)20-16(22)10-6-3-4-8-12(10)19/h3-4,6,8H,2,5,7,9H2,1H3,(H,20,22). The number of nitrogens with one attached hydrogen (secondary N) is 1. The number of carbonyl (C=O) groups is 3. The lowest BCUT2D eigenvalue weighted by Crippen LogP contribution is -2.16. The molecule has 1 aliphatic carbocycles. The zero-order valence-electron chi connectivity index (χ0n) is 13.6. The third-order valence-corrected chi connectivity index (χ3v) is 5.80. The molecule has 5 nitrogen and oxygen atoms in total. The summed E-state index contributed by atoms with van der Waals surface area (Å²) in [6.07, 6.45) is 1.80. The van der Waals surface area contributed by atoms with Crippen LogP contribution in [-0.2, 0) is 11.2 Å². The SMILES string of the molecule is CCOC(=O)c1c(NC(=O)c2ccccc2Br)sc2c1CCCC2=O. The third kappa shape index (κ3) is 3.52. The van der Waals surface area contributed by atoms with Crippen LogP contribution in [-0.4, -0.2) is 24.3 Å². The number of anilines is 1. The van der Waals surface area contributed by atoms with E-state index < -0.39 is 5.97 Å². The lowest BCUT2D eigenvalue weighted by Gasteiger charge is -2.12. The molecule has 0 bridgehead atoms. The highest BCUT2D eigenvalue weighted by atomic mass is 79.9. The first-order chi connectivity index (χ1) is 12.0. The summed E-state index contributed by atoms with van der Waals surface area (Å²) in [5.74, 6) is -0.834. The Morgan fingerprint density at radius 3 is 2.76 bits per heavy atom.